The molecule has 1 aromatic carbocycles. The number of likely N-dealkylation sites (tertiary alicyclic amines) is 1. The molecule has 0 N–H and O–H groups in total. The number of hydrogen-bond donors (Lipinski definition) is 0. The van der Waals surface area contributed by atoms with Crippen LogP contribution in [-0.2, 0) is 0 Å². The number of piperidine rings is 1. The molecule has 4 heteroatoms. The summed E-state index contributed by atoms with van der Waals surface area (Å²) < 4.78 is 0. The Morgan fingerprint density at radius 3 is 2.94 bits per heavy atom. The molecular formula is C14H17BrClNO. The van der Waals surface area contributed by atoms with E-state index in [-0.39, 0.29) is 5.91 Å². The Morgan fingerprint density at radius 2 is 2.28 bits per heavy atom. The van der Waals surface area contributed by atoms with E-state index >= 15 is 0 Å². The van der Waals surface area contributed by atoms with Crippen LogP contribution < -0.4 is 0 Å². The van der Waals surface area contributed by atoms with Gasteiger partial charge < -0.3 is 4.90 Å². The fraction of sp³-hybridized carbons (Fsp3) is 0.500. The Balaban J connectivity index is 2.21. The van der Waals surface area contributed by atoms with Crippen LogP contribution in [0, 0.1) is 6.92 Å². The van der Waals surface area contributed by atoms with Crippen molar-refractivity contribution in [2.24, 2.45) is 0 Å². The minimum atomic E-state index is 0.124. The van der Waals surface area contributed by atoms with Crippen molar-refractivity contribution in [1.29, 1.82) is 0 Å². The van der Waals surface area contributed by atoms with Gasteiger partial charge in [-0.3, -0.25) is 4.79 Å². The number of rotatable bonds is 2. The van der Waals surface area contributed by atoms with Gasteiger partial charge in [-0.05, 0) is 49.9 Å². The average Bonchev–Trinajstić information content (AvgIpc) is 2.41. The summed E-state index contributed by atoms with van der Waals surface area (Å²) >= 11 is 9.50. The van der Waals surface area contributed by atoms with E-state index in [1.807, 2.05) is 24.0 Å². The van der Waals surface area contributed by atoms with Crippen molar-refractivity contribution in [3.8, 4) is 0 Å². The Kier molecular flexibility index (Phi) is 4.68. The van der Waals surface area contributed by atoms with E-state index in [4.69, 9.17) is 11.6 Å². The van der Waals surface area contributed by atoms with Gasteiger partial charge in [0.25, 0.3) is 5.91 Å². The molecule has 0 bridgehead atoms. The van der Waals surface area contributed by atoms with Gasteiger partial charge in [-0.25, -0.2) is 0 Å². The summed E-state index contributed by atoms with van der Waals surface area (Å²) in [4.78, 5) is 14.5. The van der Waals surface area contributed by atoms with E-state index in [9.17, 15) is 4.79 Å². The Bertz CT molecular complexity index is 449. The molecule has 1 amide bonds. The molecule has 1 saturated heterocycles. The third kappa shape index (κ3) is 2.89. The Hall–Kier alpha value is -0.540. The molecule has 0 saturated carbocycles. The average molecular weight is 331 g/mol. The number of benzene rings is 1. The quantitative estimate of drug-likeness (QED) is 0.750. The summed E-state index contributed by atoms with van der Waals surface area (Å²) in [6.45, 7) is 2.79. The second-order valence-electron chi connectivity index (χ2n) is 4.77. The molecule has 0 radical (unpaired) electrons. The van der Waals surface area contributed by atoms with Crippen LogP contribution in [0.2, 0.25) is 5.02 Å². The van der Waals surface area contributed by atoms with Crippen LogP contribution in [0.15, 0.2) is 18.2 Å². The van der Waals surface area contributed by atoms with Crippen LogP contribution in [0.5, 0.6) is 0 Å². The van der Waals surface area contributed by atoms with Crippen molar-refractivity contribution in [3.63, 3.8) is 0 Å². The maximum atomic E-state index is 12.5. The molecule has 1 aromatic rings. The molecule has 1 heterocycles. The first kappa shape index (κ1) is 13.9. The van der Waals surface area contributed by atoms with Gasteiger partial charge in [0.2, 0.25) is 0 Å². The maximum Gasteiger partial charge on any atom is 0.254 e. The summed E-state index contributed by atoms with van der Waals surface area (Å²) in [5, 5.41) is 1.56. The fourth-order valence-electron chi connectivity index (χ4n) is 2.37. The first-order valence-corrected chi connectivity index (χ1v) is 7.76. The molecule has 0 spiro atoms. The zero-order valence-electron chi connectivity index (χ0n) is 10.5. The van der Waals surface area contributed by atoms with Gasteiger partial charge in [0, 0.05) is 28.5 Å². The lowest BCUT2D eigenvalue weighted by atomic mass is 10.0. The normalized spacial score (nSPS) is 19.9. The van der Waals surface area contributed by atoms with E-state index in [1.54, 1.807) is 6.07 Å². The first-order valence-electron chi connectivity index (χ1n) is 6.26. The third-order valence-corrected chi connectivity index (χ3v) is 4.64. The van der Waals surface area contributed by atoms with E-state index in [1.165, 1.54) is 6.42 Å². The van der Waals surface area contributed by atoms with E-state index in [0.29, 0.717) is 11.1 Å². The van der Waals surface area contributed by atoms with Crippen LogP contribution in [0.25, 0.3) is 0 Å². The van der Waals surface area contributed by atoms with Gasteiger partial charge in [-0.1, -0.05) is 27.5 Å². The number of hydrogen-bond acceptors (Lipinski definition) is 1. The van der Waals surface area contributed by atoms with E-state index in [0.717, 1.165) is 35.8 Å². The SMILES string of the molecule is Cc1cc(C(=O)N2CCCCC2CBr)ccc1Cl. The monoisotopic (exact) mass is 329 g/mol. The summed E-state index contributed by atoms with van der Waals surface area (Å²) in [5.74, 6) is 0.124. The highest BCUT2D eigenvalue weighted by Crippen LogP contribution is 2.23. The summed E-state index contributed by atoms with van der Waals surface area (Å²) in [5.41, 5.74) is 1.69. The van der Waals surface area contributed by atoms with Gasteiger partial charge >= 0.3 is 0 Å². The molecular weight excluding hydrogens is 314 g/mol. The van der Waals surface area contributed by atoms with Crippen molar-refractivity contribution < 1.29 is 4.79 Å². The van der Waals surface area contributed by atoms with Crippen LogP contribution in [-0.4, -0.2) is 28.7 Å². The molecule has 1 unspecified atom stereocenters. The minimum absolute atomic E-state index is 0.124. The molecule has 18 heavy (non-hydrogen) atoms. The fourth-order valence-corrected chi connectivity index (χ4v) is 3.16. The van der Waals surface area contributed by atoms with Gasteiger partial charge in [0.15, 0.2) is 0 Å². The topological polar surface area (TPSA) is 20.3 Å². The van der Waals surface area contributed by atoms with Gasteiger partial charge in [0.1, 0.15) is 0 Å². The number of amides is 1. The van der Waals surface area contributed by atoms with Crippen molar-refractivity contribution >= 4 is 33.4 Å². The number of halogens is 2. The lowest BCUT2D eigenvalue weighted by Crippen LogP contribution is -2.44. The highest BCUT2D eigenvalue weighted by molar-refractivity contribution is 9.09. The van der Waals surface area contributed by atoms with Gasteiger partial charge in [-0.15, -0.1) is 0 Å². The number of nitrogens with zero attached hydrogens (tertiary/aromatic N) is 1. The lowest BCUT2D eigenvalue weighted by Gasteiger charge is -2.34. The summed E-state index contributed by atoms with van der Waals surface area (Å²) in [7, 11) is 0. The predicted octanol–water partition coefficient (Wildman–Crippen LogP) is 4.04. The molecule has 1 fully saturated rings. The first-order chi connectivity index (χ1) is 8.63. The molecule has 1 atom stereocenters. The van der Waals surface area contributed by atoms with Crippen molar-refractivity contribution in [1.82, 2.24) is 4.90 Å². The second-order valence-corrected chi connectivity index (χ2v) is 5.82. The number of carbonyl (C=O) groups is 1. The van der Waals surface area contributed by atoms with Crippen molar-refractivity contribution in [3.05, 3.63) is 34.3 Å². The van der Waals surface area contributed by atoms with Crippen LogP contribution in [0.3, 0.4) is 0 Å². The molecule has 0 aromatic heterocycles. The summed E-state index contributed by atoms with van der Waals surface area (Å²) in [6, 6.07) is 5.82. The molecule has 2 nitrogen and oxygen atoms in total. The van der Waals surface area contributed by atoms with Crippen LogP contribution in [0.4, 0.5) is 0 Å². The number of carbonyl (C=O) groups excluding carboxylic acids is 1. The lowest BCUT2D eigenvalue weighted by molar-refractivity contribution is 0.0642. The highest BCUT2D eigenvalue weighted by Gasteiger charge is 2.26. The maximum absolute atomic E-state index is 12.5. The molecule has 1 aliphatic rings. The van der Waals surface area contributed by atoms with Crippen molar-refractivity contribution in [2.75, 3.05) is 11.9 Å². The Morgan fingerprint density at radius 1 is 1.50 bits per heavy atom. The van der Waals surface area contributed by atoms with Crippen LogP contribution in [0.1, 0.15) is 35.2 Å². The molecule has 0 aliphatic carbocycles. The molecule has 98 valence electrons. The third-order valence-electron chi connectivity index (χ3n) is 3.47. The molecule has 2 rings (SSSR count). The number of aryl methyl sites for hydroxylation is 1. The van der Waals surface area contributed by atoms with Crippen molar-refractivity contribution in [2.45, 2.75) is 32.2 Å². The zero-order chi connectivity index (χ0) is 13.1. The largest absolute Gasteiger partial charge is 0.335 e. The van der Waals surface area contributed by atoms with Crippen LogP contribution >= 0.6 is 27.5 Å². The minimum Gasteiger partial charge on any atom is -0.335 e. The van der Waals surface area contributed by atoms with Gasteiger partial charge in [-0.2, -0.15) is 0 Å². The molecule has 1 aliphatic heterocycles. The Labute approximate surface area is 121 Å². The number of alkyl halides is 1. The smallest absolute Gasteiger partial charge is 0.254 e. The standard InChI is InChI=1S/C14H17BrClNO/c1-10-8-11(5-6-13(10)16)14(18)17-7-3-2-4-12(17)9-15/h5-6,8,12H,2-4,7,9H2,1H3. The van der Waals surface area contributed by atoms with E-state index < -0.39 is 0 Å². The zero-order valence-corrected chi connectivity index (χ0v) is 12.8. The highest BCUT2D eigenvalue weighted by atomic mass is 79.9. The summed E-state index contributed by atoms with van der Waals surface area (Å²) in [6.07, 6.45) is 3.39. The predicted molar refractivity (Wildman–Crippen MR) is 78.7 cm³/mol. The second kappa shape index (κ2) is 6.07. The van der Waals surface area contributed by atoms with E-state index in [2.05, 4.69) is 15.9 Å². The van der Waals surface area contributed by atoms with Gasteiger partial charge in [0.05, 0.1) is 0 Å².